The van der Waals surface area contributed by atoms with Crippen LogP contribution in [0.25, 0.3) is 10.9 Å². The first-order valence-corrected chi connectivity index (χ1v) is 5.18. The Morgan fingerprint density at radius 3 is 3.07 bits per heavy atom. The van der Waals surface area contributed by atoms with Crippen molar-refractivity contribution in [1.82, 2.24) is 10.2 Å². The molecule has 0 aliphatic heterocycles. The first-order chi connectivity index (χ1) is 6.75. The van der Waals surface area contributed by atoms with Gasteiger partial charge in [-0.25, -0.2) is 0 Å². The normalized spacial score (nSPS) is 11.4. The van der Waals surface area contributed by atoms with Crippen LogP contribution in [0.2, 0.25) is 0 Å². The smallest absolute Gasteiger partial charge is 0.0650 e. The minimum Gasteiger partial charge on any atom is -0.278 e. The van der Waals surface area contributed by atoms with Crippen LogP contribution in [0.15, 0.2) is 24.4 Å². The zero-order valence-electron chi connectivity index (χ0n) is 8.75. The Bertz CT molecular complexity index is 420. The van der Waals surface area contributed by atoms with Crippen LogP contribution in [0.1, 0.15) is 27.3 Å². The Hall–Kier alpha value is -1.31. The summed E-state index contributed by atoms with van der Waals surface area (Å²) in [5.41, 5.74) is 2.53. The zero-order chi connectivity index (χ0) is 9.97. The second-order valence-electron chi connectivity index (χ2n) is 4.22. The van der Waals surface area contributed by atoms with Crippen LogP contribution in [-0.4, -0.2) is 10.2 Å². The molecule has 0 aliphatic rings. The van der Waals surface area contributed by atoms with Crippen LogP contribution in [0, 0.1) is 5.92 Å². The van der Waals surface area contributed by atoms with Gasteiger partial charge in [0.25, 0.3) is 0 Å². The highest BCUT2D eigenvalue weighted by Gasteiger charge is 1.99. The number of hydrogen-bond acceptors (Lipinski definition) is 1. The minimum atomic E-state index is 0. The lowest BCUT2D eigenvalue weighted by molar-refractivity contribution is 0.587. The number of H-pyrrole nitrogens is 1. The fourth-order valence-electron chi connectivity index (χ4n) is 1.60. The van der Waals surface area contributed by atoms with Gasteiger partial charge in [-0.2, -0.15) is 5.10 Å². The molecule has 0 saturated carbocycles. The average Bonchev–Trinajstić information content (AvgIpc) is 2.61. The van der Waals surface area contributed by atoms with E-state index in [-0.39, 0.29) is 1.43 Å². The first-order valence-electron chi connectivity index (χ1n) is 5.18. The Morgan fingerprint density at radius 1 is 1.43 bits per heavy atom. The van der Waals surface area contributed by atoms with E-state index in [2.05, 4.69) is 42.2 Å². The summed E-state index contributed by atoms with van der Waals surface area (Å²) in [5.74, 6) is 0.773. The quantitative estimate of drug-likeness (QED) is 0.789. The van der Waals surface area contributed by atoms with Gasteiger partial charge in [-0.15, -0.1) is 0 Å². The van der Waals surface area contributed by atoms with Gasteiger partial charge in [-0.05, 0) is 36.5 Å². The summed E-state index contributed by atoms with van der Waals surface area (Å²) in [4.78, 5) is 0. The molecule has 0 bridgehead atoms. The lowest BCUT2D eigenvalue weighted by atomic mass is 10.0. The summed E-state index contributed by atoms with van der Waals surface area (Å²) < 4.78 is 0. The zero-order valence-corrected chi connectivity index (χ0v) is 8.75. The van der Waals surface area contributed by atoms with Gasteiger partial charge in [-0.3, -0.25) is 5.10 Å². The van der Waals surface area contributed by atoms with Crippen LogP contribution in [0.3, 0.4) is 0 Å². The topological polar surface area (TPSA) is 28.7 Å². The molecule has 2 aromatic rings. The van der Waals surface area contributed by atoms with Crippen molar-refractivity contribution < 1.29 is 1.43 Å². The van der Waals surface area contributed by atoms with Gasteiger partial charge >= 0.3 is 0 Å². The molecule has 1 heterocycles. The molecule has 76 valence electrons. The van der Waals surface area contributed by atoms with Crippen molar-refractivity contribution in [2.24, 2.45) is 5.92 Å². The van der Waals surface area contributed by atoms with Crippen LogP contribution < -0.4 is 0 Å². The molecule has 14 heavy (non-hydrogen) atoms. The molecular weight excluding hydrogens is 172 g/mol. The highest BCUT2D eigenvalue weighted by Crippen LogP contribution is 2.15. The van der Waals surface area contributed by atoms with Crippen molar-refractivity contribution in [1.29, 1.82) is 0 Å². The summed E-state index contributed by atoms with van der Waals surface area (Å²) in [6.07, 6.45) is 4.30. The monoisotopic (exact) mass is 190 g/mol. The van der Waals surface area contributed by atoms with Crippen molar-refractivity contribution >= 4 is 10.9 Å². The van der Waals surface area contributed by atoms with Gasteiger partial charge in [0.15, 0.2) is 0 Å². The fourth-order valence-corrected chi connectivity index (χ4v) is 1.60. The van der Waals surface area contributed by atoms with E-state index in [0.29, 0.717) is 0 Å². The predicted molar refractivity (Wildman–Crippen MR) is 61.4 cm³/mol. The SMILES string of the molecule is CC(C)CCc1ccc2[nH]ncc2c1.[HH]. The maximum atomic E-state index is 4.01. The van der Waals surface area contributed by atoms with Crippen LogP contribution in [0.5, 0.6) is 0 Å². The molecule has 1 aromatic heterocycles. The molecule has 1 aromatic carbocycles. The summed E-state index contributed by atoms with van der Waals surface area (Å²) in [6.45, 7) is 4.52. The van der Waals surface area contributed by atoms with Crippen molar-refractivity contribution in [2.75, 3.05) is 0 Å². The second kappa shape index (κ2) is 3.82. The Labute approximate surface area is 85.8 Å². The third-order valence-corrected chi connectivity index (χ3v) is 2.51. The van der Waals surface area contributed by atoms with Crippen LogP contribution in [0.4, 0.5) is 0 Å². The number of aryl methyl sites for hydroxylation is 1. The van der Waals surface area contributed by atoms with Crippen molar-refractivity contribution in [3.63, 3.8) is 0 Å². The fraction of sp³-hybridized carbons (Fsp3) is 0.417. The Balaban J connectivity index is 0.00000112. The Kier molecular flexibility index (Phi) is 2.53. The molecule has 0 atom stereocenters. The molecule has 2 nitrogen and oxygen atoms in total. The molecule has 0 aliphatic carbocycles. The minimum absolute atomic E-state index is 0. The molecule has 2 rings (SSSR count). The van der Waals surface area contributed by atoms with E-state index in [1.54, 1.807) is 0 Å². The number of aromatic nitrogens is 2. The number of nitrogens with one attached hydrogen (secondary N) is 1. The second-order valence-corrected chi connectivity index (χ2v) is 4.22. The van der Waals surface area contributed by atoms with E-state index in [4.69, 9.17) is 0 Å². The highest BCUT2D eigenvalue weighted by molar-refractivity contribution is 5.78. The Morgan fingerprint density at radius 2 is 2.29 bits per heavy atom. The van der Waals surface area contributed by atoms with Crippen LogP contribution >= 0.6 is 0 Å². The van der Waals surface area contributed by atoms with Gasteiger partial charge in [0.05, 0.1) is 11.7 Å². The third kappa shape index (κ3) is 1.95. The number of nitrogens with zero attached hydrogens (tertiary/aromatic N) is 1. The van der Waals surface area contributed by atoms with E-state index in [9.17, 15) is 0 Å². The number of benzene rings is 1. The van der Waals surface area contributed by atoms with E-state index in [0.717, 1.165) is 11.4 Å². The van der Waals surface area contributed by atoms with Crippen molar-refractivity contribution in [2.45, 2.75) is 26.7 Å². The van der Waals surface area contributed by atoms with Gasteiger partial charge < -0.3 is 0 Å². The highest BCUT2D eigenvalue weighted by atomic mass is 15.1. The largest absolute Gasteiger partial charge is 0.278 e. The van der Waals surface area contributed by atoms with Gasteiger partial charge in [0, 0.05) is 6.81 Å². The molecule has 0 spiro atoms. The average molecular weight is 190 g/mol. The molecule has 0 amide bonds. The van der Waals surface area contributed by atoms with E-state index < -0.39 is 0 Å². The first kappa shape index (κ1) is 9.25. The summed E-state index contributed by atoms with van der Waals surface area (Å²) in [6, 6.07) is 6.52. The summed E-state index contributed by atoms with van der Waals surface area (Å²) in [5, 5.41) is 8.19. The van der Waals surface area contributed by atoms with Gasteiger partial charge in [-0.1, -0.05) is 19.9 Å². The molecule has 0 unspecified atom stereocenters. The molecule has 0 fully saturated rings. The van der Waals surface area contributed by atoms with Gasteiger partial charge in [0.1, 0.15) is 0 Å². The van der Waals surface area contributed by atoms with Crippen molar-refractivity contribution in [3.05, 3.63) is 30.0 Å². The van der Waals surface area contributed by atoms with Crippen LogP contribution in [-0.2, 0) is 6.42 Å². The maximum Gasteiger partial charge on any atom is 0.0650 e. The lowest BCUT2D eigenvalue weighted by Gasteiger charge is -2.04. The van der Waals surface area contributed by atoms with E-state index in [1.807, 2.05) is 6.20 Å². The molecule has 2 heteroatoms. The summed E-state index contributed by atoms with van der Waals surface area (Å²) >= 11 is 0. The molecule has 0 saturated heterocycles. The number of hydrogen-bond donors (Lipinski definition) is 1. The van der Waals surface area contributed by atoms with E-state index in [1.165, 1.54) is 23.8 Å². The summed E-state index contributed by atoms with van der Waals surface area (Å²) in [7, 11) is 0. The van der Waals surface area contributed by atoms with E-state index >= 15 is 0 Å². The number of fused-ring (bicyclic) bond motifs is 1. The molecular formula is C12H18N2. The lowest BCUT2D eigenvalue weighted by Crippen LogP contribution is -1.91. The predicted octanol–water partition coefficient (Wildman–Crippen LogP) is 3.40. The number of rotatable bonds is 3. The molecule has 1 N–H and O–H groups in total. The maximum absolute atomic E-state index is 4.01. The molecule has 0 radical (unpaired) electrons. The standard InChI is InChI=1S/C12H16N2.H2/c1-9(2)3-4-10-5-6-12-11(7-10)8-13-14-12;/h5-9H,3-4H2,1-2H3,(H,13,14);1H. The third-order valence-electron chi connectivity index (χ3n) is 2.51. The van der Waals surface area contributed by atoms with Crippen molar-refractivity contribution in [3.8, 4) is 0 Å². The van der Waals surface area contributed by atoms with Gasteiger partial charge in [0.2, 0.25) is 0 Å². The number of aromatic amines is 1.